The fourth-order valence-corrected chi connectivity index (χ4v) is 4.40. The number of methoxy groups -OCH3 is 2. The number of ether oxygens (including phenoxy) is 2. The zero-order valence-electron chi connectivity index (χ0n) is 16.2. The van der Waals surface area contributed by atoms with Gasteiger partial charge in [0.2, 0.25) is 0 Å². The number of nitrogens with zero attached hydrogens (tertiary/aromatic N) is 2. The number of anilines is 1. The minimum absolute atomic E-state index is 0.0825. The molecular weight excluding hydrogens is 372 g/mol. The molecule has 0 fully saturated rings. The van der Waals surface area contributed by atoms with Crippen LogP contribution in [0.5, 0.6) is 11.5 Å². The Morgan fingerprint density at radius 3 is 2.61 bits per heavy atom. The highest BCUT2D eigenvalue weighted by molar-refractivity contribution is 7.13. The van der Waals surface area contributed by atoms with E-state index in [4.69, 9.17) is 9.47 Å². The van der Waals surface area contributed by atoms with Gasteiger partial charge in [-0.2, -0.15) is 0 Å². The van der Waals surface area contributed by atoms with Gasteiger partial charge in [-0.1, -0.05) is 6.07 Å². The van der Waals surface area contributed by atoms with E-state index in [1.807, 2.05) is 40.6 Å². The molecule has 1 aliphatic rings. The number of aryl methyl sites for hydroxylation is 1. The van der Waals surface area contributed by atoms with Gasteiger partial charge in [0.1, 0.15) is 22.2 Å². The van der Waals surface area contributed by atoms with Crippen molar-refractivity contribution in [3.8, 4) is 22.1 Å². The molecule has 4 rings (SSSR count). The van der Waals surface area contributed by atoms with E-state index >= 15 is 0 Å². The van der Waals surface area contributed by atoms with E-state index in [1.54, 1.807) is 14.2 Å². The number of thiazole rings is 1. The average Bonchev–Trinajstić information content (AvgIpc) is 3.24. The molecule has 0 saturated heterocycles. The Morgan fingerprint density at radius 1 is 1.11 bits per heavy atom. The first-order valence-electron chi connectivity index (χ1n) is 9.20. The zero-order chi connectivity index (χ0) is 19.7. The molecule has 5 nitrogen and oxygen atoms in total. The van der Waals surface area contributed by atoms with E-state index in [-0.39, 0.29) is 5.91 Å². The van der Waals surface area contributed by atoms with E-state index in [0.29, 0.717) is 12.2 Å². The maximum absolute atomic E-state index is 13.3. The summed E-state index contributed by atoms with van der Waals surface area (Å²) in [4.78, 5) is 19.7. The first-order valence-corrected chi connectivity index (χ1v) is 10.1. The Balaban J connectivity index is 1.67. The molecular formula is C22H22N2O3S. The molecule has 3 aromatic rings. The van der Waals surface area contributed by atoms with Crippen molar-refractivity contribution in [2.45, 2.75) is 19.8 Å². The molecule has 0 atom stereocenters. The molecule has 2 aromatic carbocycles. The highest BCUT2D eigenvalue weighted by atomic mass is 32.1. The van der Waals surface area contributed by atoms with Crippen LogP contribution in [0.1, 0.15) is 28.0 Å². The summed E-state index contributed by atoms with van der Waals surface area (Å²) < 4.78 is 10.8. The maximum Gasteiger partial charge on any atom is 0.277 e. The third-order valence-corrected chi connectivity index (χ3v) is 5.98. The number of carbonyl (C=O) groups is 1. The molecule has 0 bridgehead atoms. The largest absolute Gasteiger partial charge is 0.497 e. The normalized spacial score (nSPS) is 13.2. The summed E-state index contributed by atoms with van der Waals surface area (Å²) in [6, 6.07) is 11.7. The molecule has 2 heterocycles. The topological polar surface area (TPSA) is 51.7 Å². The Hall–Kier alpha value is -2.86. The number of hydrogen-bond acceptors (Lipinski definition) is 5. The lowest BCUT2D eigenvalue weighted by atomic mass is 9.96. The van der Waals surface area contributed by atoms with Gasteiger partial charge in [0, 0.05) is 17.5 Å². The number of amides is 1. The molecule has 1 aromatic heterocycles. The number of fused-ring (bicyclic) bond motifs is 1. The molecule has 144 valence electrons. The van der Waals surface area contributed by atoms with Crippen LogP contribution >= 0.6 is 11.3 Å². The highest BCUT2D eigenvalue weighted by Crippen LogP contribution is 2.39. The average molecular weight is 394 g/mol. The number of carbonyl (C=O) groups excluding carboxylic acids is 1. The van der Waals surface area contributed by atoms with Crippen LogP contribution in [0.2, 0.25) is 0 Å². The Morgan fingerprint density at radius 2 is 1.89 bits per heavy atom. The third-order valence-electron chi connectivity index (χ3n) is 5.08. The van der Waals surface area contributed by atoms with Crippen LogP contribution in [-0.2, 0) is 6.42 Å². The Labute approximate surface area is 168 Å². The van der Waals surface area contributed by atoms with Gasteiger partial charge < -0.3 is 14.4 Å². The summed E-state index contributed by atoms with van der Waals surface area (Å²) in [5, 5.41) is 2.65. The van der Waals surface area contributed by atoms with Crippen LogP contribution in [0.4, 0.5) is 5.69 Å². The molecule has 0 saturated carbocycles. The van der Waals surface area contributed by atoms with E-state index in [0.717, 1.165) is 40.6 Å². The molecule has 0 N–H and O–H groups in total. The highest BCUT2D eigenvalue weighted by Gasteiger charge is 2.29. The lowest BCUT2D eigenvalue weighted by molar-refractivity contribution is 0.0980. The van der Waals surface area contributed by atoms with Crippen LogP contribution in [0.3, 0.4) is 0 Å². The van der Waals surface area contributed by atoms with Crippen molar-refractivity contribution in [3.63, 3.8) is 0 Å². The van der Waals surface area contributed by atoms with Crippen LogP contribution in [0.25, 0.3) is 10.6 Å². The summed E-state index contributed by atoms with van der Waals surface area (Å²) in [6.07, 6.45) is 1.89. The second-order valence-corrected chi connectivity index (χ2v) is 7.60. The van der Waals surface area contributed by atoms with Crippen molar-refractivity contribution in [1.82, 2.24) is 4.98 Å². The SMILES string of the molecule is COc1ccc(-c2nc(C(=O)N3CCCc4c(C)ccc(OC)c43)cs2)cc1. The summed E-state index contributed by atoms with van der Waals surface area (Å²) in [5.74, 6) is 1.45. The first kappa shape index (κ1) is 18.5. The van der Waals surface area contributed by atoms with Gasteiger partial charge in [0.05, 0.1) is 19.9 Å². The molecule has 1 aliphatic heterocycles. The van der Waals surface area contributed by atoms with Crippen molar-refractivity contribution in [2.75, 3.05) is 25.7 Å². The van der Waals surface area contributed by atoms with Crippen molar-refractivity contribution in [3.05, 3.63) is 58.6 Å². The Bertz CT molecular complexity index is 1010. The quantitative estimate of drug-likeness (QED) is 0.642. The smallest absolute Gasteiger partial charge is 0.277 e. The monoisotopic (exact) mass is 394 g/mol. The molecule has 28 heavy (non-hydrogen) atoms. The number of aromatic nitrogens is 1. The van der Waals surface area contributed by atoms with Crippen LogP contribution < -0.4 is 14.4 Å². The van der Waals surface area contributed by atoms with Gasteiger partial charge in [-0.25, -0.2) is 4.98 Å². The fraction of sp³-hybridized carbons (Fsp3) is 0.273. The lowest BCUT2D eigenvalue weighted by Crippen LogP contribution is -2.36. The second kappa shape index (κ2) is 7.64. The molecule has 0 unspecified atom stereocenters. The number of hydrogen-bond donors (Lipinski definition) is 0. The molecule has 0 spiro atoms. The van der Waals surface area contributed by atoms with Gasteiger partial charge in [-0.3, -0.25) is 4.79 Å². The van der Waals surface area contributed by atoms with Gasteiger partial charge in [0.15, 0.2) is 0 Å². The van der Waals surface area contributed by atoms with E-state index < -0.39 is 0 Å². The summed E-state index contributed by atoms with van der Waals surface area (Å²) in [6.45, 7) is 2.75. The van der Waals surface area contributed by atoms with Gasteiger partial charge in [0.25, 0.3) is 5.91 Å². The van der Waals surface area contributed by atoms with Crippen LogP contribution in [0.15, 0.2) is 41.8 Å². The number of benzene rings is 2. The van der Waals surface area contributed by atoms with E-state index in [2.05, 4.69) is 18.0 Å². The van der Waals surface area contributed by atoms with Crippen molar-refractivity contribution >= 4 is 22.9 Å². The predicted octanol–water partition coefficient (Wildman–Crippen LogP) is 4.73. The second-order valence-electron chi connectivity index (χ2n) is 6.74. The van der Waals surface area contributed by atoms with E-state index in [1.165, 1.54) is 22.5 Å². The van der Waals surface area contributed by atoms with E-state index in [9.17, 15) is 4.79 Å². The van der Waals surface area contributed by atoms with Gasteiger partial charge in [-0.15, -0.1) is 11.3 Å². The predicted molar refractivity (Wildman–Crippen MR) is 112 cm³/mol. The van der Waals surface area contributed by atoms with Gasteiger partial charge >= 0.3 is 0 Å². The molecule has 6 heteroatoms. The minimum atomic E-state index is -0.0825. The van der Waals surface area contributed by atoms with Crippen molar-refractivity contribution in [1.29, 1.82) is 0 Å². The molecule has 0 radical (unpaired) electrons. The summed E-state index contributed by atoms with van der Waals surface area (Å²) in [5.41, 5.74) is 4.69. The fourth-order valence-electron chi connectivity index (χ4n) is 3.60. The van der Waals surface area contributed by atoms with Crippen molar-refractivity contribution in [2.24, 2.45) is 0 Å². The number of rotatable bonds is 4. The minimum Gasteiger partial charge on any atom is -0.497 e. The molecule has 1 amide bonds. The summed E-state index contributed by atoms with van der Waals surface area (Å²) >= 11 is 1.47. The summed E-state index contributed by atoms with van der Waals surface area (Å²) in [7, 11) is 3.29. The maximum atomic E-state index is 13.3. The zero-order valence-corrected chi connectivity index (χ0v) is 17.0. The van der Waals surface area contributed by atoms with Crippen molar-refractivity contribution < 1.29 is 14.3 Å². The van der Waals surface area contributed by atoms with Crippen LogP contribution in [0, 0.1) is 6.92 Å². The lowest BCUT2D eigenvalue weighted by Gasteiger charge is -2.31. The Kier molecular flexibility index (Phi) is 5.05. The third kappa shape index (κ3) is 3.24. The van der Waals surface area contributed by atoms with Gasteiger partial charge in [-0.05, 0) is 61.2 Å². The standard InChI is InChI=1S/C22H22N2O3S/c1-14-6-11-19(27-3)20-17(14)5-4-12-24(20)22(25)18-13-28-21(23-18)15-7-9-16(26-2)10-8-15/h6-11,13H,4-5,12H2,1-3H3. The molecule has 0 aliphatic carbocycles. The van der Waals surface area contributed by atoms with Crippen LogP contribution in [-0.4, -0.2) is 31.7 Å². The first-order chi connectivity index (χ1) is 13.6.